The van der Waals surface area contributed by atoms with E-state index < -0.39 is 0 Å². The van der Waals surface area contributed by atoms with Crippen LogP contribution < -0.4 is 19.7 Å². The van der Waals surface area contributed by atoms with Gasteiger partial charge in [0.25, 0.3) is 0 Å². The number of aromatic nitrogens is 2. The van der Waals surface area contributed by atoms with Crippen molar-refractivity contribution >= 4 is 29.4 Å². The molecule has 1 aliphatic carbocycles. The maximum atomic E-state index is 13.9. The van der Waals surface area contributed by atoms with E-state index in [1.807, 2.05) is 48.5 Å². The quantitative estimate of drug-likeness (QED) is 0.365. The number of hydrogen-bond acceptors (Lipinski definition) is 6. The van der Waals surface area contributed by atoms with Gasteiger partial charge in [0.05, 0.1) is 22.4 Å². The minimum atomic E-state index is -0.379. The van der Waals surface area contributed by atoms with Crippen molar-refractivity contribution in [3.63, 3.8) is 0 Å². The summed E-state index contributed by atoms with van der Waals surface area (Å²) in [5.74, 6) is 1.15. The molecule has 4 aromatic rings. The second-order valence-electron chi connectivity index (χ2n) is 9.97. The van der Waals surface area contributed by atoms with Crippen molar-refractivity contribution in [2.24, 2.45) is 0 Å². The fraction of sp³-hybridized carbons (Fsp3) is 0.233. The third-order valence-corrected chi connectivity index (χ3v) is 8.41. The Morgan fingerprint density at radius 1 is 1.02 bits per heavy atom. The largest absolute Gasteiger partial charge is 0.454 e. The fourth-order valence-corrected chi connectivity index (χ4v) is 6.26. The topological polar surface area (TPSA) is 85.7 Å². The molecule has 0 radical (unpaired) electrons. The molecular formula is C30H25FN4O4S. The number of carbonyl (C=O) groups excluding carboxylic acids is 2. The molecule has 8 nitrogen and oxygen atoms in total. The van der Waals surface area contributed by atoms with E-state index >= 15 is 0 Å². The summed E-state index contributed by atoms with van der Waals surface area (Å²) in [4.78, 5) is 28.3. The predicted molar refractivity (Wildman–Crippen MR) is 149 cm³/mol. The smallest absolute Gasteiger partial charge is 0.240 e. The number of nitrogens with one attached hydrogen (secondary N) is 1. The van der Waals surface area contributed by atoms with Crippen LogP contribution in [0.4, 0.5) is 10.2 Å². The standard InChI is InChI=1S/C30H25FN4O4S/c31-20-7-11-22(12-8-20)35-30-27(28(33-35)18-4-2-1-3-5-18)29(19-6-13-23-24(14-19)39-17-38-23)40-16-26(37)34(30)15-25(36)32-21-9-10-21/h1-8,11-14,21,29H,9-10,15-17H2,(H,32,36)/t29-/m1/s1. The number of carbonyl (C=O) groups is 2. The van der Waals surface area contributed by atoms with Gasteiger partial charge in [-0.25, -0.2) is 9.07 Å². The zero-order valence-electron chi connectivity index (χ0n) is 21.4. The number of rotatable bonds is 6. The molecule has 3 aromatic carbocycles. The number of nitrogens with zero attached hydrogens (tertiary/aromatic N) is 3. The number of fused-ring (bicyclic) bond motifs is 2. The molecule has 7 rings (SSSR count). The molecule has 1 fully saturated rings. The Balaban J connectivity index is 1.45. The first-order chi connectivity index (χ1) is 19.5. The predicted octanol–water partition coefficient (Wildman–Crippen LogP) is 4.85. The highest BCUT2D eigenvalue weighted by Crippen LogP contribution is 2.50. The maximum Gasteiger partial charge on any atom is 0.240 e. The highest BCUT2D eigenvalue weighted by molar-refractivity contribution is 8.00. The lowest BCUT2D eigenvalue weighted by Crippen LogP contribution is -2.43. The average molecular weight is 557 g/mol. The van der Waals surface area contributed by atoms with Crippen LogP contribution in [0, 0.1) is 5.82 Å². The molecule has 0 saturated heterocycles. The maximum absolute atomic E-state index is 13.9. The summed E-state index contributed by atoms with van der Waals surface area (Å²) in [6.45, 7) is 0.0137. The number of hydrogen-bond donors (Lipinski definition) is 1. The van der Waals surface area contributed by atoms with E-state index in [1.54, 1.807) is 16.8 Å². The molecule has 40 heavy (non-hydrogen) atoms. The molecule has 2 aliphatic heterocycles. The van der Waals surface area contributed by atoms with Gasteiger partial charge in [0.1, 0.15) is 18.2 Å². The number of anilines is 1. The lowest BCUT2D eigenvalue weighted by molar-refractivity contribution is -0.123. The Kier molecular flexibility index (Phi) is 6.19. The molecule has 1 aromatic heterocycles. The molecule has 0 bridgehead atoms. The summed E-state index contributed by atoms with van der Waals surface area (Å²) in [6, 6.07) is 21.6. The van der Waals surface area contributed by atoms with Gasteiger partial charge in [0.15, 0.2) is 11.5 Å². The Hall–Kier alpha value is -4.31. The first-order valence-electron chi connectivity index (χ1n) is 13.1. The molecular weight excluding hydrogens is 531 g/mol. The van der Waals surface area contributed by atoms with Crippen molar-refractivity contribution in [3.05, 3.63) is 89.7 Å². The van der Waals surface area contributed by atoms with Crippen LogP contribution in [0.15, 0.2) is 72.8 Å². The average Bonchev–Trinajstić information content (AvgIpc) is 3.54. The number of ether oxygens (including phenoxy) is 2. The summed E-state index contributed by atoms with van der Waals surface area (Å²) in [5.41, 5.74) is 3.84. The Morgan fingerprint density at radius 2 is 1.80 bits per heavy atom. The Labute approximate surface area is 234 Å². The lowest BCUT2D eigenvalue weighted by atomic mass is 9.99. The summed E-state index contributed by atoms with van der Waals surface area (Å²) in [6.07, 6.45) is 1.89. The molecule has 1 N–H and O–H groups in total. The van der Waals surface area contributed by atoms with Crippen LogP contribution in [0.3, 0.4) is 0 Å². The zero-order valence-corrected chi connectivity index (χ0v) is 22.2. The van der Waals surface area contributed by atoms with Crippen LogP contribution >= 0.6 is 11.8 Å². The number of halogens is 1. The van der Waals surface area contributed by atoms with Gasteiger partial charge >= 0.3 is 0 Å². The monoisotopic (exact) mass is 556 g/mol. The summed E-state index contributed by atoms with van der Waals surface area (Å²) in [5, 5.41) is 7.71. The second kappa shape index (κ2) is 10.0. The molecule has 1 saturated carbocycles. The minimum absolute atomic E-state index is 0.141. The third kappa shape index (κ3) is 4.58. The van der Waals surface area contributed by atoms with Crippen LogP contribution in [0.25, 0.3) is 16.9 Å². The van der Waals surface area contributed by atoms with Gasteiger partial charge in [-0.05, 0) is 54.8 Å². The van der Waals surface area contributed by atoms with Gasteiger partial charge in [-0.3, -0.25) is 14.5 Å². The van der Waals surface area contributed by atoms with Gasteiger partial charge in [0, 0.05) is 17.2 Å². The first-order valence-corrected chi connectivity index (χ1v) is 14.1. The number of benzene rings is 3. The Bertz CT molecular complexity index is 1600. The SMILES string of the molecule is O=C(CN1C(=O)CS[C@H](c2ccc3c(c2)OCO3)c2c(-c3ccccc3)nn(-c3ccc(F)cc3)c21)NC1CC1. The minimum Gasteiger partial charge on any atom is -0.454 e. The van der Waals surface area contributed by atoms with Gasteiger partial charge in [-0.2, -0.15) is 5.10 Å². The van der Waals surface area contributed by atoms with E-state index in [0.29, 0.717) is 28.7 Å². The van der Waals surface area contributed by atoms with E-state index in [4.69, 9.17) is 14.6 Å². The van der Waals surface area contributed by atoms with Gasteiger partial charge in [-0.15, -0.1) is 11.8 Å². The number of thioether (sulfide) groups is 1. The molecule has 1 atom stereocenters. The highest BCUT2D eigenvalue weighted by atomic mass is 32.2. The Morgan fingerprint density at radius 3 is 2.58 bits per heavy atom. The van der Waals surface area contributed by atoms with Crippen molar-refractivity contribution < 1.29 is 23.5 Å². The molecule has 3 aliphatic rings. The molecule has 202 valence electrons. The van der Waals surface area contributed by atoms with Gasteiger partial charge in [-0.1, -0.05) is 36.4 Å². The van der Waals surface area contributed by atoms with Crippen molar-refractivity contribution in [1.82, 2.24) is 15.1 Å². The molecule has 2 amide bonds. The van der Waals surface area contributed by atoms with E-state index in [1.165, 1.54) is 28.8 Å². The van der Waals surface area contributed by atoms with Gasteiger partial charge < -0.3 is 14.8 Å². The van der Waals surface area contributed by atoms with E-state index in [-0.39, 0.29) is 48.0 Å². The van der Waals surface area contributed by atoms with Crippen LogP contribution in [-0.2, 0) is 9.59 Å². The third-order valence-electron chi connectivity index (χ3n) is 7.15. The van der Waals surface area contributed by atoms with Crippen molar-refractivity contribution in [2.45, 2.75) is 24.1 Å². The second-order valence-corrected chi connectivity index (χ2v) is 11.1. The fourth-order valence-electron chi connectivity index (χ4n) is 5.07. The number of amides is 2. The van der Waals surface area contributed by atoms with Crippen molar-refractivity contribution in [3.8, 4) is 28.4 Å². The van der Waals surface area contributed by atoms with Crippen molar-refractivity contribution in [2.75, 3.05) is 24.0 Å². The summed E-state index contributed by atoms with van der Waals surface area (Å²) < 4.78 is 26.8. The normalized spacial score (nSPS) is 17.9. The van der Waals surface area contributed by atoms with Gasteiger partial charge in [0.2, 0.25) is 18.6 Å². The molecule has 10 heteroatoms. The summed E-state index contributed by atoms with van der Waals surface area (Å²) in [7, 11) is 0. The molecule has 0 spiro atoms. The highest BCUT2D eigenvalue weighted by Gasteiger charge is 2.38. The van der Waals surface area contributed by atoms with Crippen LogP contribution in [0.1, 0.15) is 29.2 Å². The van der Waals surface area contributed by atoms with E-state index in [0.717, 1.165) is 29.5 Å². The molecule has 3 heterocycles. The molecule has 0 unspecified atom stereocenters. The zero-order chi connectivity index (χ0) is 27.2. The van der Waals surface area contributed by atoms with E-state index in [9.17, 15) is 14.0 Å². The van der Waals surface area contributed by atoms with Crippen LogP contribution in [0.2, 0.25) is 0 Å². The van der Waals surface area contributed by atoms with Crippen LogP contribution in [-0.4, -0.2) is 46.7 Å². The van der Waals surface area contributed by atoms with E-state index in [2.05, 4.69) is 5.32 Å². The first kappa shape index (κ1) is 24.7. The lowest BCUT2D eigenvalue weighted by Gasteiger charge is -2.23. The summed E-state index contributed by atoms with van der Waals surface area (Å²) >= 11 is 1.48. The van der Waals surface area contributed by atoms with Crippen molar-refractivity contribution in [1.29, 1.82) is 0 Å². The van der Waals surface area contributed by atoms with Crippen LogP contribution in [0.5, 0.6) is 11.5 Å².